The molecule has 0 bridgehead atoms. The summed E-state index contributed by atoms with van der Waals surface area (Å²) in [6.07, 6.45) is 3.75. The Balaban J connectivity index is 1.63. The first kappa shape index (κ1) is 14.2. The molecule has 4 nitrogen and oxygen atoms in total. The third-order valence-corrected chi connectivity index (χ3v) is 4.82. The molecule has 1 aliphatic heterocycles. The van der Waals surface area contributed by atoms with E-state index in [2.05, 4.69) is 28.5 Å². The van der Waals surface area contributed by atoms with Gasteiger partial charge in [-0.3, -0.25) is 0 Å². The van der Waals surface area contributed by atoms with Crippen molar-refractivity contribution in [3.05, 3.63) is 5.82 Å². The van der Waals surface area contributed by atoms with E-state index in [1.54, 1.807) is 11.8 Å². The molecule has 2 heterocycles. The maximum atomic E-state index is 5.58. The molecule has 0 saturated carbocycles. The number of ether oxygens (including phenoxy) is 1. The number of thioether (sulfide) groups is 1. The number of aromatic nitrogens is 2. The van der Waals surface area contributed by atoms with Crippen molar-refractivity contribution in [1.82, 2.24) is 14.7 Å². The second kappa shape index (κ2) is 7.43. The monoisotopic (exact) mass is 287 g/mol. The average Bonchev–Trinajstić information content (AvgIpc) is 3.00. The van der Waals surface area contributed by atoms with Crippen LogP contribution in [0.5, 0.6) is 0 Å². The van der Waals surface area contributed by atoms with E-state index in [1.165, 1.54) is 24.4 Å². The minimum Gasteiger partial charge on any atom is -0.377 e. The van der Waals surface area contributed by atoms with E-state index in [0.29, 0.717) is 11.4 Å². The SMILES string of the molecule is CCc1nsc(SC(C)CNCC2CCCO2)n1. The lowest BCUT2D eigenvalue weighted by atomic mass is 10.2. The highest BCUT2D eigenvalue weighted by atomic mass is 32.2. The van der Waals surface area contributed by atoms with Crippen molar-refractivity contribution in [2.75, 3.05) is 19.7 Å². The van der Waals surface area contributed by atoms with E-state index >= 15 is 0 Å². The fourth-order valence-electron chi connectivity index (χ4n) is 1.90. The van der Waals surface area contributed by atoms with Crippen LogP contribution in [-0.4, -0.2) is 40.4 Å². The lowest BCUT2D eigenvalue weighted by Crippen LogP contribution is -2.30. The minimum atomic E-state index is 0.426. The quantitative estimate of drug-likeness (QED) is 0.780. The fourth-order valence-corrected chi connectivity index (χ4v) is 3.88. The highest BCUT2D eigenvalue weighted by Crippen LogP contribution is 2.24. The Morgan fingerprint density at radius 1 is 1.61 bits per heavy atom. The molecular formula is C12H21N3OS2. The summed E-state index contributed by atoms with van der Waals surface area (Å²) in [7, 11) is 0. The molecular weight excluding hydrogens is 266 g/mol. The normalized spacial score (nSPS) is 21.3. The maximum Gasteiger partial charge on any atom is 0.170 e. The predicted molar refractivity (Wildman–Crippen MR) is 76.4 cm³/mol. The highest BCUT2D eigenvalue weighted by Gasteiger charge is 2.15. The van der Waals surface area contributed by atoms with Crippen LogP contribution in [0.25, 0.3) is 0 Å². The van der Waals surface area contributed by atoms with Crippen LogP contribution in [0.3, 0.4) is 0 Å². The molecule has 102 valence electrons. The van der Waals surface area contributed by atoms with E-state index in [9.17, 15) is 0 Å². The zero-order valence-electron chi connectivity index (χ0n) is 11.0. The Morgan fingerprint density at radius 3 is 3.17 bits per heavy atom. The first-order chi connectivity index (χ1) is 8.78. The summed E-state index contributed by atoms with van der Waals surface area (Å²) in [5.41, 5.74) is 0. The lowest BCUT2D eigenvalue weighted by molar-refractivity contribution is 0.110. The Kier molecular flexibility index (Phi) is 5.88. The third-order valence-electron chi connectivity index (χ3n) is 2.90. The molecule has 2 atom stereocenters. The van der Waals surface area contributed by atoms with Gasteiger partial charge in [0.15, 0.2) is 4.34 Å². The van der Waals surface area contributed by atoms with Gasteiger partial charge in [-0.2, -0.15) is 4.37 Å². The van der Waals surface area contributed by atoms with Gasteiger partial charge in [-0.15, -0.1) is 0 Å². The van der Waals surface area contributed by atoms with Crippen LogP contribution in [0.2, 0.25) is 0 Å². The van der Waals surface area contributed by atoms with E-state index in [0.717, 1.165) is 36.3 Å². The number of hydrogen-bond donors (Lipinski definition) is 1. The summed E-state index contributed by atoms with van der Waals surface area (Å²) in [6, 6.07) is 0. The van der Waals surface area contributed by atoms with Crippen LogP contribution in [-0.2, 0) is 11.2 Å². The molecule has 1 aromatic heterocycles. The zero-order chi connectivity index (χ0) is 12.8. The molecule has 0 aromatic carbocycles. The lowest BCUT2D eigenvalue weighted by Gasteiger charge is -2.13. The molecule has 0 aliphatic carbocycles. The van der Waals surface area contributed by atoms with Crippen LogP contribution in [0.15, 0.2) is 4.34 Å². The van der Waals surface area contributed by atoms with Crippen molar-refractivity contribution in [2.24, 2.45) is 0 Å². The van der Waals surface area contributed by atoms with Crippen molar-refractivity contribution < 1.29 is 4.74 Å². The number of rotatable bonds is 7. The molecule has 2 unspecified atom stereocenters. The molecule has 1 aromatic rings. The largest absolute Gasteiger partial charge is 0.377 e. The Labute approximate surface area is 117 Å². The minimum absolute atomic E-state index is 0.426. The maximum absolute atomic E-state index is 5.58. The van der Waals surface area contributed by atoms with E-state index in [1.807, 2.05) is 0 Å². The van der Waals surface area contributed by atoms with Crippen LogP contribution < -0.4 is 5.32 Å². The average molecular weight is 287 g/mol. The van der Waals surface area contributed by atoms with Crippen molar-refractivity contribution in [3.8, 4) is 0 Å². The highest BCUT2D eigenvalue weighted by molar-refractivity contribution is 8.01. The molecule has 0 radical (unpaired) electrons. The summed E-state index contributed by atoms with van der Waals surface area (Å²) in [5, 5.41) is 4.00. The molecule has 0 amide bonds. The van der Waals surface area contributed by atoms with E-state index < -0.39 is 0 Å². The third kappa shape index (κ3) is 4.50. The van der Waals surface area contributed by atoms with Crippen molar-refractivity contribution in [3.63, 3.8) is 0 Å². The standard InChI is InChI=1S/C12H21N3OS2/c1-3-11-14-12(18-15-11)17-9(2)7-13-8-10-5-4-6-16-10/h9-10,13H,3-8H2,1-2H3. The predicted octanol–water partition coefficient (Wildman–Crippen LogP) is 2.35. The van der Waals surface area contributed by atoms with Gasteiger partial charge in [0.1, 0.15) is 5.82 Å². The van der Waals surface area contributed by atoms with Gasteiger partial charge in [-0.05, 0) is 24.4 Å². The van der Waals surface area contributed by atoms with Gasteiger partial charge in [-0.25, -0.2) is 4.98 Å². The van der Waals surface area contributed by atoms with Crippen molar-refractivity contribution in [1.29, 1.82) is 0 Å². The zero-order valence-corrected chi connectivity index (χ0v) is 12.6. The first-order valence-electron chi connectivity index (χ1n) is 6.59. The molecule has 2 rings (SSSR count). The summed E-state index contributed by atoms with van der Waals surface area (Å²) in [4.78, 5) is 4.47. The first-order valence-corrected chi connectivity index (χ1v) is 8.24. The summed E-state index contributed by atoms with van der Waals surface area (Å²) in [5.74, 6) is 0.960. The second-order valence-electron chi connectivity index (χ2n) is 4.55. The summed E-state index contributed by atoms with van der Waals surface area (Å²) in [6.45, 7) is 7.21. The van der Waals surface area contributed by atoms with Crippen LogP contribution in [0, 0.1) is 0 Å². The number of aryl methyl sites for hydroxylation is 1. The molecule has 1 N–H and O–H groups in total. The fraction of sp³-hybridized carbons (Fsp3) is 0.833. The number of nitrogens with zero attached hydrogens (tertiary/aromatic N) is 2. The number of hydrogen-bond acceptors (Lipinski definition) is 6. The van der Waals surface area contributed by atoms with Crippen molar-refractivity contribution in [2.45, 2.75) is 48.8 Å². The summed E-state index contributed by atoms with van der Waals surface area (Å²) >= 11 is 3.31. The van der Waals surface area contributed by atoms with Gasteiger partial charge in [0.25, 0.3) is 0 Å². The molecule has 6 heteroatoms. The van der Waals surface area contributed by atoms with Crippen LogP contribution in [0.4, 0.5) is 0 Å². The molecule has 1 saturated heterocycles. The Hall–Kier alpha value is -0.170. The smallest absolute Gasteiger partial charge is 0.170 e. The summed E-state index contributed by atoms with van der Waals surface area (Å²) < 4.78 is 11.0. The van der Waals surface area contributed by atoms with Crippen LogP contribution >= 0.6 is 23.3 Å². The van der Waals surface area contributed by atoms with Crippen LogP contribution in [0.1, 0.15) is 32.5 Å². The van der Waals surface area contributed by atoms with E-state index in [4.69, 9.17) is 4.74 Å². The van der Waals surface area contributed by atoms with Gasteiger partial charge < -0.3 is 10.1 Å². The van der Waals surface area contributed by atoms with Gasteiger partial charge in [0.05, 0.1) is 6.10 Å². The molecule has 1 aliphatic rings. The van der Waals surface area contributed by atoms with E-state index in [-0.39, 0.29) is 0 Å². The topological polar surface area (TPSA) is 47.0 Å². The Bertz CT molecular complexity index is 353. The number of nitrogens with one attached hydrogen (secondary N) is 1. The molecule has 0 spiro atoms. The molecule has 1 fully saturated rings. The van der Waals surface area contributed by atoms with Gasteiger partial charge in [0.2, 0.25) is 0 Å². The van der Waals surface area contributed by atoms with Gasteiger partial charge >= 0.3 is 0 Å². The van der Waals surface area contributed by atoms with Gasteiger partial charge in [-0.1, -0.05) is 25.6 Å². The van der Waals surface area contributed by atoms with Gasteiger partial charge in [0, 0.05) is 31.4 Å². The second-order valence-corrected chi connectivity index (χ2v) is 6.99. The Morgan fingerprint density at radius 2 is 2.50 bits per heavy atom. The molecule has 18 heavy (non-hydrogen) atoms. The van der Waals surface area contributed by atoms with Crippen molar-refractivity contribution >= 4 is 23.3 Å².